The molecule has 0 atom stereocenters. The van der Waals surface area contributed by atoms with Crippen LogP contribution in [0.3, 0.4) is 0 Å². The molecule has 0 heterocycles. The van der Waals surface area contributed by atoms with Crippen LogP contribution in [-0.2, 0) is 20.6 Å². The molecule has 0 unspecified atom stereocenters. The van der Waals surface area contributed by atoms with Crippen molar-refractivity contribution in [3.63, 3.8) is 0 Å². The minimum atomic E-state index is 0.870. The van der Waals surface area contributed by atoms with E-state index in [0.717, 1.165) is 23.0 Å². The summed E-state index contributed by atoms with van der Waals surface area (Å²) in [4.78, 5) is 0. The number of rotatable bonds is 15. The van der Waals surface area contributed by atoms with Crippen molar-refractivity contribution in [3.05, 3.63) is 48.0 Å². The van der Waals surface area contributed by atoms with E-state index in [9.17, 15) is 0 Å². The fourth-order valence-corrected chi connectivity index (χ4v) is 3.15. The zero-order chi connectivity index (χ0) is 19.4. The summed E-state index contributed by atoms with van der Waals surface area (Å²) < 4.78 is 5.93. The number of hydrogen-bond donors (Lipinski definition) is 0. The summed E-state index contributed by atoms with van der Waals surface area (Å²) in [5.41, 5.74) is 1.13. The van der Waals surface area contributed by atoms with Crippen LogP contribution in [0.2, 0.25) is 0 Å². The smallest absolute Gasteiger partial charge is 0.0979 e. The fourth-order valence-electron chi connectivity index (χ4n) is 3.00. The Labute approximate surface area is 175 Å². The van der Waals surface area contributed by atoms with Crippen LogP contribution >= 0.6 is 0 Å². The maximum atomic E-state index is 5.06. The first-order valence-electron chi connectivity index (χ1n) is 10.6. The van der Waals surface area contributed by atoms with Crippen LogP contribution in [0.15, 0.2) is 42.5 Å². The second-order valence-electron chi connectivity index (χ2n) is 7.02. The van der Waals surface area contributed by atoms with E-state index in [1.54, 1.807) is 7.11 Å². The van der Waals surface area contributed by atoms with Gasteiger partial charge in [0.25, 0.3) is 0 Å². The molecule has 0 aromatic heterocycles. The van der Waals surface area contributed by atoms with Gasteiger partial charge in [0.15, 0.2) is 0 Å². The van der Waals surface area contributed by atoms with Gasteiger partial charge in [-0.25, -0.2) is 0 Å². The normalized spacial score (nSPS) is 10.7. The molecule has 1 aromatic rings. The summed E-state index contributed by atoms with van der Waals surface area (Å²) in [6, 6.07) is 10.3. The standard InChI is InChI=1S/C25H36O.Cr/c1-26-24-20-15-13-11-9-7-5-3-2-4-6-8-10-12-14-17-21-25-22-18-16-19-23-25;/h15-16,18-20,22-23H,2-14H2,1H3;/b20-15+;. The van der Waals surface area contributed by atoms with Crippen LogP contribution in [0, 0.1) is 11.8 Å². The summed E-state index contributed by atoms with van der Waals surface area (Å²) in [7, 11) is 1.69. The van der Waals surface area contributed by atoms with E-state index < -0.39 is 0 Å². The van der Waals surface area contributed by atoms with Crippen molar-refractivity contribution in [3.8, 4) is 11.8 Å². The van der Waals surface area contributed by atoms with Crippen molar-refractivity contribution in [1.29, 1.82) is 0 Å². The molecule has 0 aliphatic carbocycles. The Morgan fingerprint density at radius 2 is 1.41 bits per heavy atom. The van der Waals surface area contributed by atoms with Gasteiger partial charge in [-0.3, -0.25) is 0 Å². The van der Waals surface area contributed by atoms with Crippen LogP contribution in [-0.4, -0.2) is 11.7 Å². The van der Waals surface area contributed by atoms with E-state index in [1.165, 1.54) is 70.6 Å². The molecule has 0 aliphatic rings. The van der Waals surface area contributed by atoms with Gasteiger partial charge in [0.2, 0.25) is 0 Å². The van der Waals surface area contributed by atoms with Crippen molar-refractivity contribution in [2.24, 2.45) is 0 Å². The van der Waals surface area contributed by atoms with E-state index in [1.807, 2.05) is 24.3 Å². The molecule has 0 amide bonds. The van der Waals surface area contributed by atoms with Gasteiger partial charge in [0, 0.05) is 12.0 Å². The topological polar surface area (TPSA) is 9.23 Å². The van der Waals surface area contributed by atoms with E-state index in [-0.39, 0.29) is 0 Å². The Morgan fingerprint density at radius 1 is 0.852 bits per heavy atom. The molecule has 0 aliphatic heterocycles. The minimum Gasteiger partial charge on any atom is -0.0979 e. The molecule has 1 nitrogen and oxygen atoms in total. The summed E-state index contributed by atoms with van der Waals surface area (Å²) in [6.45, 7) is 0. The van der Waals surface area contributed by atoms with Gasteiger partial charge in [-0.1, -0.05) is 42.9 Å². The van der Waals surface area contributed by atoms with Gasteiger partial charge >= 0.3 is 102 Å². The quantitative estimate of drug-likeness (QED) is 0.226. The predicted molar refractivity (Wildman–Crippen MR) is 114 cm³/mol. The third-order valence-corrected chi connectivity index (χ3v) is 5.11. The van der Waals surface area contributed by atoms with Gasteiger partial charge in [-0.05, 0) is 18.6 Å². The average molecular weight is 405 g/mol. The Hall–Kier alpha value is -1.12. The SMILES string of the molecule is CO[C](=[Cr])/C=C/CCCCCCCCCCCCCC#Cc1ccccc1. The molecule has 0 saturated heterocycles. The minimum absolute atomic E-state index is 0.870. The molecule has 0 radical (unpaired) electrons. The Bertz CT molecular complexity index is 565. The summed E-state index contributed by atoms with van der Waals surface area (Å²) in [6.07, 6.45) is 21.4. The molecule has 0 spiro atoms. The molecule has 1 aromatic carbocycles. The van der Waals surface area contributed by atoms with Crippen molar-refractivity contribution < 1.29 is 20.6 Å². The number of unbranched alkanes of at least 4 members (excludes halogenated alkanes) is 12. The molecule has 0 N–H and O–H groups in total. The first kappa shape index (κ1) is 23.9. The van der Waals surface area contributed by atoms with E-state index in [4.69, 9.17) is 4.74 Å². The van der Waals surface area contributed by atoms with Crippen molar-refractivity contribution in [2.45, 2.75) is 83.5 Å². The van der Waals surface area contributed by atoms with Crippen molar-refractivity contribution >= 4 is 4.57 Å². The molecular weight excluding hydrogens is 368 g/mol. The van der Waals surface area contributed by atoms with E-state index >= 15 is 0 Å². The zero-order valence-corrected chi connectivity index (χ0v) is 18.3. The third kappa shape index (κ3) is 15.6. The number of methoxy groups -OCH3 is 1. The van der Waals surface area contributed by atoms with Gasteiger partial charge in [0.1, 0.15) is 0 Å². The average Bonchev–Trinajstić information content (AvgIpc) is 2.70. The first-order valence-corrected chi connectivity index (χ1v) is 11.2. The third-order valence-electron chi connectivity index (χ3n) is 4.63. The van der Waals surface area contributed by atoms with Gasteiger partial charge in [0.05, 0.1) is 0 Å². The van der Waals surface area contributed by atoms with Crippen LogP contribution in [0.25, 0.3) is 0 Å². The monoisotopic (exact) mass is 404 g/mol. The number of ether oxygens (including phenoxy) is 1. The summed E-state index contributed by atoms with van der Waals surface area (Å²) in [5.74, 6) is 6.53. The maximum absolute atomic E-state index is 5.06. The molecule has 148 valence electrons. The number of benzene rings is 1. The van der Waals surface area contributed by atoms with Crippen molar-refractivity contribution in [2.75, 3.05) is 7.11 Å². The van der Waals surface area contributed by atoms with Crippen LogP contribution in [0.4, 0.5) is 0 Å². The second-order valence-corrected chi connectivity index (χ2v) is 7.65. The fraction of sp³-hybridized carbons (Fsp3) is 0.560. The first-order chi connectivity index (χ1) is 13.3. The van der Waals surface area contributed by atoms with Gasteiger partial charge < -0.3 is 0 Å². The number of allylic oxidation sites excluding steroid dienone is 1. The predicted octanol–water partition coefficient (Wildman–Crippen LogP) is 6.99. The molecule has 0 bridgehead atoms. The Kier molecular flexibility index (Phi) is 16.2. The molecule has 1 rings (SSSR count). The van der Waals surface area contributed by atoms with Crippen LogP contribution < -0.4 is 0 Å². The molecule has 0 fully saturated rings. The number of hydrogen-bond acceptors (Lipinski definition) is 1. The van der Waals surface area contributed by atoms with E-state index in [0.29, 0.717) is 0 Å². The molecule has 2 heteroatoms. The van der Waals surface area contributed by atoms with Gasteiger partial charge in [-0.15, -0.1) is 0 Å². The molecule has 27 heavy (non-hydrogen) atoms. The van der Waals surface area contributed by atoms with Gasteiger partial charge in [-0.2, -0.15) is 0 Å². The van der Waals surface area contributed by atoms with E-state index in [2.05, 4.69) is 45.9 Å². The van der Waals surface area contributed by atoms with Crippen LogP contribution in [0.1, 0.15) is 89.0 Å². The molecule has 0 saturated carbocycles. The Morgan fingerprint density at radius 3 is 2.00 bits per heavy atom. The van der Waals surface area contributed by atoms with Crippen molar-refractivity contribution in [1.82, 2.24) is 0 Å². The Balaban J connectivity index is 1.79. The molecular formula is C25H36CrO. The zero-order valence-electron chi connectivity index (χ0n) is 17.1. The summed E-state index contributed by atoms with van der Waals surface area (Å²) in [5, 5.41) is 0. The summed E-state index contributed by atoms with van der Waals surface area (Å²) >= 11 is 2.89. The van der Waals surface area contributed by atoms with Crippen LogP contribution in [0.5, 0.6) is 0 Å². The second kappa shape index (κ2) is 18.3.